The van der Waals surface area contributed by atoms with Crippen LogP contribution in [0.4, 0.5) is 5.82 Å². The number of aryl methyl sites for hydroxylation is 2. The molecule has 140 valence electrons. The minimum Gasteiger partial charge on any atom is -0.460 e. The number of rotatable bonds is 4. The first-order valence-electron chi connectivity index (χ1n) is 8.42. The summed E-state index contributed by atoms with van der Waals surface area (Å²) >= 11 is 0. The zero-order chi connectivity index (χ0) is 19.8. The maximum atomic E-state index is 13.0. The van der Waals surface area contributed by atoms with Crippen LogP contribution in [0.15, 0.2) is 64.1 Å². The molecule has 0 unspecified atom stereocenters. The highest BCUT2D eigenvalue weighted by Crippen LogP contribution is 2.32. The van der Waals surface area contributed by atoms with Gasteiger partial charge in [-0.1, -0.05) is 30.3 Å². The number of imidazole rings is 1. The first kappa shape index (κ1) is 17.5. The van der Waals surface area contributed by atoms with Gasteiger partial charge in [0, 0.05) is 13.1 Å². The fraction of sp³-hybridized carbons (Fsp3) is 0.100. The molecule has 0 fully saturated rings. The van der Waals surface area contributed by atoms with Gasteiger partial charge >= 0.3 is 11.7 Å². The Kier molecular flexibility index (Phi) is 4.15. The van der Waals surface area contributed by atoms with E-state index in [2.05, 4.69) is 4.98 Å². The molecule has 2 aromatic heterocycles. The first-order chi connectivity index (χ1) is 13.5. The van der Waals surface area contributed by atoms with Crippen LogP contribution >= 0.6 is 0 Å². The maximum absolute atomic E-state index is 13.0. The third kappa shape index (κ3) is 2.90. The van der Waals surface area contributed by atoms with E-state index >= 15 is 0 Å². The molecule has 0 bridgehead atoms. The van der Waals surface area contributed by atoms with E-state index in [1.54, 1.807) is 26.1 Å². The first-order valence-corrected chi connectivity index (χ1v) is 8.42. The number of benzene rings is 2. The van der Waals surface area contributed by atoms with Crippen molar-refractivity contribution in [3.8, 4) is 22.8 Å². The molecule has 0 aliphatic carbocycles. The monoisotopic (exact) mass is 377 g/mol. The Morgan fingerprint density at radius 2 is 1.93 bits per heavy atom. The van der Waals surface area contributed by atoms with Crippen LogP contribution in [-0.4, -0.2) is 14.5 Å². The molecular weight excluding hydrogens is 362 g/mol. The smallest absolute Gasteiger partial charge is 0.427 e. The van der Waals surface area contributed by atoms with E-state index in [4.69, 9.17) is 9.15 Å². The molecule has 0 amide bonds. The van der Waals surface area contributed by atoms with Gasteiger partial charge in [0.15, 0.2) is 0 Å². The summed E-state index contributed by atoms with van der Waals surface area (Å²) in [5.41, 5.74) is 1.47. The fourth-order valence-corrected chi connectivity index (χ4v) is 3.05. The number of fused-ring (bicyclic) bond motifs is 1. The predicted octanol–water partition coefficient (Wildman–Crippen LogP) is 4.20. The average Bonchev–Trinajstić information content (AvgIpc) is 3.03. The van der Waals surface area contributed by atoms with Gasteiger partial charge in [-0.05, 0) is 34.5 Å². The summed E-state index contributed by atoms with van der Waals surface area (Å²) in [7, 11) is 1.59. The second-order valence-electron chi connectivity index (χ2n) is 6.23. The Bertz CT molecular complexity index is 1260. The fourth-order valence-electron chi connectivity index (χ4n) is 3.05. The highest BCUT2D eigenvalue weighted by molar-refractivity contribution is 5.83. The minimum absolute atomic E-state index is 0.00988. The summed E-state index contributed by atoms with van der Waals surface area (Å²) in [4.78, 5) is 27.2. The normalized spacial score (nSPS) is 10.9. The van der Waals surface area contributed by atoms with E-state index in [1.165, 1.54) is 17.0 Å². The molecule has 28 heavy (non-hydrogen) atoms. The Morgan fingerprint density at radius 3 is 2.64 bits per heavy atom. The summed E-state index contributed by atoms with van der Waals surface area (Å²) < 4.78 is 12.9. The molecule has 2 heterocycles. The molecule has 8 heteroatoms. The number of ether oxygens (including phenoxy) is 1. The summed E-state index contributed by atoms with van der Waals surface area (Å²) in [6.07, 6.45) is 1.30. The molecule has 0 aliphatic rings. The molecule has 2 aromatic carbocycles. The lowest BCUT2D eigenvalue weighted by Gasteiger charge is -2.09. The molecule has 8 nitrogen and oxygen atoms in total. The van der Waals surface area contributed by atoms with Crippen molar-refractivity contribution in [2.45, 2.75) is 6.92 Å². The molecule has 0 saturated carbocycles. The van der Waals surface area contributed by atoms with E-state index in [0.29, 0.717) is 28.0 Å². The number of hydrogen-bond donors (Lipinski definition) is 0. The van der Waals surface area contributed by atoms with Gasteiger partial charge in [-0.25, -0.2) is 0 Å². The van der Waals surface area contributed by atoms with Gasteiger partial charge in [0.1, 0.15) is 17.1 Å². The third-order valence-corrected chi connectivity index (χ3v) is 4.35. The number of nitro groups is 1. The highest BCUT2D eigenvalue weighted by atomic mass is 16.6. The number of hydrogen-bond acceptors (Lipinski definition) is 6. The van der Waals surface area contributed by atoms with Crippen molar-refractivity contribution in [1.29, 1.82) is 0 Å². The van der Waals surface area contributed by atoms with Crippen molar-refractivity contribution in [2.75, 3.05) is 0 Å². The molecule has 0 aliphatic heterocycles. The predicted molar refractivity (Wildman–Crippen MR) is 103 cm³/mol. The number of nitrogens with zero attached hydrogens (tertiary/aromatic N) is 3. The van der Waals surface area contributed by atoms with Gasteiger partial charge in [0.25, 0.3) is 0 Å². The summed E-state index contributed by atoms with van der Waals surface area (Å²) in [5.74, 6) is 0.380. The Labute approximate surface area is 158 Å². The molecule has 4 rings (SSSR count). The minimum atomic E-state index is -0.618. The lowest BCUT2D eigenvalue weighted by Crippen LogP contribution is -2.07. The van der Waals surface area contributed by atoms with E-state index in [1.807, 2.05) is 30.3 Å². The van der Waals surface area contributed by atoms with Crippen LogP contribution in [0.5, 0.6) is 11.6 Å². The van der Waals surface area contributed by atoms with Gasteiger partial charge in [-0.3, -0.25) is 9.36 Å². The van der Waals surface area contributed by atoms with Crippen molar-refractivity contribution >= 4 is 16.8 Å². The largest absolute Gasteiger partial charge is 0.460 e. The quantitative estimate of drug-likeness (QED) is 0.390. The molecule has 0 spiro atoms. The lowest BCUT2D eigenvalue weighted by molar-refractivity contribution is -0.390. The molecule has 0 N–H and O–H groups in total. The van der Waals surface area contributed by atoms with Gasteiger partial charge < -0.3 is 19.3 Å². The Morgan fingerprint density at radius 1 is 1.18 bits per heavy atom. The van der Waals surface area contributed by atoms with Gasteiger partial charge in [-0.15, -0.1) is 0 Å². The van der Waals surface area contributed by atoms with Crippen molar-refractivity contribution in [3.05, 3.63) is 81.0 Å². The zero-order valence-corrected chi connectivity index (χ0v) is 15.1. The number of aromatic nitrogens is 2. The van der Waals surface area contributed by atoms with Crippen LogP contribution in [0, 0.1) is 17.0 Å². The maximum Gasteiger partial charge on any atom is 0.427 e. The van der Waals surface area contributed by atoms with Crippen LogP contribution in [0.1, 0.15) is 5.76 Å². The second kappa shape index (κ2) is 6.66. The lowest BCUT2D eigenvalue weighted by atomic mass is 10.0. The van der Waals surface area contributed by atoms with Crippen LogP contribution in [0.3, 0.4) is 0 Å². The van der Waals surface area contributed by atoms with E-state index in [-0.39, 0.29) is 17.1 Å². The van der Waals surface area contributed by atoms with Crippen molar-refractivity contribution in [2.24, 2.45) is 7.05 Å². The summed E-state index contributed by atoms with van der Waals surface area (Å²) in [6, 6.07) is 14.0. The van der Waals surface area contributed by atoms with E-state index < -0.39 is 4.92 Å². The Balaban J connectivity index is 1.80. The van der Waals surface area contributed by atoms with Crippen LogP contribution in [0.25, 0.3) is 22.1 Å². The molecule has 0 saturated heterocycles. The molecule has 4 aromatic rings. The Hall–Kier alpha value is -3.94. The summed E-state index contributed by atoms with van der Waals surface area (Å²) in [6.45, 7) is 1.72. The van der Waals surface area contributed by atoms with Crippen LogP contribution in [0.2, 0.25) is 0 Å². The van der Waals surface area contributed by atoms with E-state index in [0.717, 1.165) is 5.56 Å². The van der Waals surface area contributed by atoms with Crippen LogP contribution < -0.4 is 10.2 Å². The average molecular weight is 377 g/mol. The highest BCUT2D eigenvalue weighted by Gasteiger charge is 2.23. The second-order valence-corrected chi connectivity index (χ2v) is 6.23. The van der Waals surface area contributed by atoms with Crippen molar-refractivity contribution in [1.82, 2.24) is 9.55 Å². The molecule has 0 radical (unpaired) electrons. The third-order valence-electron chi connectivity index (χ3n) is 4.35. The van der Waals surface area contributed by atoms with Crippen molar-refractivity contribution in [3.63, 3.8) is 0 Å². The standard InChI is InChI=1S/C20H15N3O5/c1-12-17(13-6-4-3-5-7-13)18(24)15-9-8-14(10-16(15)27-12)28-20-19(23(25)26)21-11-22(20)2/h3-11H,1-2H3. The SMILES string of the molecule is Cc1oc2cc(Oc3c([N+](=O)[O-])ncn3C)ccc2c(=O)c1-c1ccccc1. The zero-order valence-electron chi connectivity index (χ0n) is 15.1. The van der Waals surface area contributed by atoms with Gasteiger partial charge in [-0.2, -0.15) is 0 Å². The van der Waals surface area contributed by atoms with Gasteiger partial charge in [0.05, 0.1) is 10.9 Å². The topological polar surface area (TPSA) is 100 Å². The molecule has 0 atom stereocenters. The molecular formula is C20H15N3O5. The van der Waals surface area contributed by atoms with Crippen LogP contribution in [-0.2, 0) is 7.05 Å². The van der Waals surface area contributed by atoms with E-state index in [9.17, 15) is 14.9 Å². The van der Waals surface area contributed by atoms with Crippen molar-refractivity contribution < 1.29 is 14.1 Å². The summed E-state index contributed by atoms with van der Waals surface area (Å²) in [5, 5.41) is 11.5. The van der Waals surface area contributed by atoms with Gasteiger partial charge in [0.2, 0.25) is 11.8 Å².